The summed E-state index contributed by atoms with van der Waals surface area (Å²) in [7, 11) is 0. The number of benzene rings is 2. The molecule has 1 aliphatic carbocycles. The Morgan fingerprint density at radius 3 is 2.48 bits per heavy atom. The fourth-order valence-corrected chi connectivity index (χ4v) is 3.24. The smallest absolute Gasteiger partial charge is 0.150 e. The second kappa shape index (κ2) is 6.30. The van der Waals surface area contributed by atoms with Gasteiger partial charge in [-0.3, -0.25) is 4.79 Å². The van der Waals surface area contributed by atoms with Crippen molar-refractivity contribution in [1.82, 2.24) is 0 Å². The number of fused-ring (bicyclic) bond motifs is 1. The monoisotopic (exact) mass is 282 g/mol. The minimum atomic E-state index is 0.361. The minimum Gasteiger partial charge on any atom is -0.490 e. The van der Waals surface area contributed by atoms with E-state index in [2.05, 4.69) is 13.0 Å². The number of carbonyl (C=O) groups excluding carboxylic acids is 1. The summed E-state index contributed by atoms with van der Waals surface area (Å²) in [5.41, 5.74) is 0.717. The molecule has 0 aromatic heterocycles. The van der Waals surface area contributed by atoms with E-state index in [-0.39, 0.29) is 0 Å². The molecule has 0 amide bonds. The molecule has 21 heavy (non-hydrogen) atoms. The van der Waals surface area contributed by atoms with Crippen LogP contribution in [0.3, 0.4) is 0 Å². The molecule has 3 rings (SSSR count). The van der Waals surface area contributed by atoms with Crippen molar-refractivity contribution in [3.8, 4) is 5.75 Å². The van der Waals surface area contributed by atoms with Gasteiger partial charge in [0.05, 0.1) is 6.10 Å². The third-order valence-electron chi connectivity index (χ3n) is 4.65. The number of ether oxygens (including phenoxy) is 1. The van der Waals surface area contributed by atoms with Crippen LogP contribution in [0.25, 0.3) is 10.8 Å². The van der Waals surface area contributed by atoms with Gasteiger partial charge in [0.1, 0.15) is 12.0 Å². The van der Waals surface area contributed by atoms with Gasteiger partial charge in [0.15, 0.2) is 0 Å². The molecule has 2 heteroatoms. The molecule has 2 nitrogen and oxygen atoms in total. The average Bonchev–Trinajstić information content (AvgIpc) is 2.55. The Hall–Kier alpha value is -1.83. The third kappa shape index (κ3) is 3.26. The van der Waals surface area contributed by atoms with Gasteiger partial charge in [-0.05, 0) is 60.6 Å². The summed E-state index contributed by atoms with van der Waals surface area (Å²) in [5, 5.41) is 2.21. The first-order valence-electron chi connectivity index (χ1n) is 7.94. The summed E-state index contributed by atoms with van der Waals surface area (Å²) in [6.45, 7) is 2.28. The first-order chi connectivity index (χ1) is 10.3. The summed E-state index contributed by atoms with van der Waals surface area (Å²) < 4.78 is 6.14. The first kappa shape index (κ1) is 14.1. The molecular formula is C19H22O2. The lowest BCUT2D eigenvalue weighted by atomic mass is 9.86. The van der Waals surface area contributed by atoms with E-state index in [0.29, 0.717) is 11.7 Å². The van der Waals surface area contributed by atoms with E-state index in [1.165, 1.54) is 32.1 Å². The lowest BCUT2D eigenvalue weighted by Crippen LogP contribution is -2.23. The van der Waals surface area contributed by atoms with Crippen LogP contribution in [0.1, 0.15) is 49.4 Å². The largest absolute Gasteiger partial charge is 0.490 e. The fraction of sp³-hybridized carbons (Fsp3) is 0.421. The van der Waals surface area contributed by atoms with E-state index >= 15 is 0 Å². The highest BCUT2D eigenvalue weighted by molar-refractivity contribution is 5.89. The van der Waals surface area contributed by atoms with Crippen LogP contribution in [0.5, 0.6) is 5.75 Å². The van der Waals surface area contributed by atoms with E-state index < -0.39 is 0 Å². The number of carbonyl (C=O) groups is 1. The van der Waals surface area contributed by atoms with E-state index in [1.54, 1.807) is 0 Å². The SMILES string of the molecule is CCC1CCC(Oc2ccc3cc(C=O)ccc3c2)CC1. The van der Waals surface area contributed by atoms with Gasteiger partial charge in [0, 0.05) is 5.56 Å². The zero-order valence-corrected chi connectivity index (χ0v) is 12.5. The number of rotatable bonds is 4. The highest BCUT2D eigenvalue weighted by Gasteiger charge is 2.21. The van der Waals surface area contributed by atoms with Crippen LogP contribution in [-0.2, 0) is 0 Å². The molecule has 1 saturated carbocycles. The Labute approximate surface area is 126 Å². The predicted molar refractivity (Wildman–Crippen MR) is 86.0 cm³/mol. The predicted octanol–water partition coefficient (Wildman–Crippen LogP) is 5.00. The standard InChI is InChI=1S/C19H22O2/c1-2-14-4-8-18(9-5-14)21-19-10-7-16-11-15(13-20)3-6-17(16)12-19/h3,6-7,10-14,18H,2,4-5,8-9H2,1H3. The van der Waals surface area contributed by atoms with Gasteiger partial charge in [0.2, 0.25) is 0 Å². The summed E-state index contributed by atoms with van der Waals surface area (Å²) in [6, 6.07) is 11.9. The van der Waals surface area contributed by atoms with Gasteiger partial charge in [0.25, 0.3) is 0 Å². The maximum Gasteiger partial charge on any atom is 0.150 e. The van der Waals surface area contributed by atoms with Gasteiger partial charge in [-0.2, -0.15) is 0 Å². The van der Waals surface area contributed by atoms with Crippen molar-refractivity contribution in [2.45, 2.75) is 45.1 Å². The fourth-order valence-electron chi connectivity index (χ4n) is 3.24. The first-order valence-corrected chi connectivity index (χ1v) is 7.94. The van der Waals surface area contributed by atoms with Crippen LogP contribution >= 0.6 is 0 Å². The average molecular weight is 282 g/mol. The molecule has 0 atom stereocenters. The van der Waals surface area contributed by atoms with Crippen molar-refractivity contribution in [2.24, 2.45) is 5.92 Å². The molecule has 0 radical (unpaired) electrons. The van der Waals surface area contributed by atoms with Crippen LogP contribution in [-0.4, -0.2) is 12.4 Å². The van der Waals surface area contributed by atoms with Crippen LogP contribution < -0.4 is 4.74 Å². The highest BCUT2D eigenvalue weighted by atomic mass is 16.5. The minimum absolute atomic E-state index is 0.361. The van der Waals surface area contributed by atoms with Gasteiger partial charge >= 0.3 is 0 Å². The third-order valence-corrected chi connectivity index (χ3v) is 4.65. The van der Waals surface area contributed by atoms with Crippen molar-refractivity contribution in [3.63, 3.8) is 0 Å². The molecule has 0 spiro atoms. The topological polar surface area (TPSA) is 26.3 Å². The van der Waals surface area contributed by atoms with E-state index in [0.717, 1.165) is 28.7 Å². The molecule has 1 fully saturated rings. The summed E-state index contributed by atoms with van der Waals surface area (Å²) >= 11 is 0. The normalized spacial score (nSPS) is 22.1. The molecule has 0 heterocycles. The van der Waals surface area contributed by atoms with Crippen molar-refractivity contribution in [3.05, 3.63) is 42.0 Å². The van der Waals surface area contributed by atoms with Gasteiger partial charge in [-0.25, -0.2) is 0 Å². The quantitative estimate of drug-likeness (QED) is 0.738. The Kier molecular flexibility index (Phi) is 4.23. The summed E-state index contributed by atoms with van der Waals surface area (Å²) in [5.74, 6) is 1.84. The lowest BCUT2D eigenvalue weighted by molar-refractivity contribution is 0.112. The van der Waals surface area contributed by atoms with E-state index in [4.69, 9.17) is 4.74 Å². The number of aldehydes is 1. The zero-order valence-electron chi connectivity index (χ0n) is 12.5. The zero-order chi connectivity index (χ0) is 14.7. The summed E-state index contributed by atoms with van der Waals surface area (Å²) in [6.07, 6.45) is 7.45. The molecule has 1 aliphatic rings. The number of hydrogen-bond donors (Lipinski definition) is 0. The maximum absolute atomic E-state index is 10.8. The Balaban J connectivity index is 1.71. The molecule has 0 N–H and O–H groups in total. The van der Waals surface area contributed by atoms with E-state index in [1.807, 2.05) is 30.3 Å². The molecule has 0 bridgehead atoms. The van der Waals surface area contributed by atoms with E-state index in [9.17, 15) is 4.79 Å². The Bertz CT molecular complexity index is 624. The molecule has 0 aliphatic heterocycles. The lowest BCUT2D eigenvalue weighted by Gasteiger charge is -2.28. The van der Waals surface area contributed by atoms with Crippen LogP contribution in [0.15, 0.2) is 36.4 Å². The highest BCUT2D eigenvalue weighted by Crippen LogP contribution is 2.30. The molecule has 110 valence electrons. The molecule has 0 unspecified atom stereocenters. The van der Waals surface area contributed by atoms with Crippen molar-refractivity contribution in [2.75, 3.05) is 0 Å². The Morgan fingerprint density at radius 1 is 1.05 bits per heavy atom. The van der Waals surface area contributed by atoms with Crippen molar-refractivity contribution < 1.29 is 9.53 Å². The molecule has 2 aromatic carbocycles. The summed E-state index contributed by atoms with van der Waals surface area (Å²) in [4.78, 5) is 10.8. The van der Waals surface area contributed by atoms with Crippen LogP contribution in [0, 0.1) is 5.92 Å². The maximum atomic E-state index is 10.8. The van der Waals surface area contributed by atoms with Gasteiger partial charge in [-0.15, -0.1) is 0 Å². The van der Waals surface area contributed by atoms with Gasteiger partial charge in [-0.1, -0.05) is 31.5 Å². The van der Waals surface area contributed by atoms with Gasteiger partial charge < -0.3 is 4.74 Å². The van der Waals surface area contributed by atoms with Crippen LogP contribution in [0.2, 0.25) is 0 Å². The second-order valence-corrected chi connectivity index (χ2v) is 6.06. The molecule has 2 aromatic rings. The molecular weight excluding hydrogens is 260 g/mol. The van der Waals surface area contributed by atoms with Crippen molar-refractivity contribution >= 4 is 17.1 Å². The second-order valence-electron chi connectivity index (χ2n) is 6.06. The molecule has 0 saturated heterocycles. The Morgan fingerprint density at radius 2 is 1.76 bits per heavy atom. The van der Waals surface area contributed by atoms with Crippen molar-refractivity contribution in [1.29, 1.82) is 0 Å². The van der Waals surface area contributed by atoms with Crippen LogP contribution in [0.4, 0.5) is 0 Å². The number of hydrogen-bond acceptors (Lipinski definition) is 2.